The monoisotopic (exact) mass is 320 g/mol. The van der Waals surface area contributed by atoms with Crippen LogP contribution in [0.5, 0.6) is 0 Å². The number of hydrogen-bond acceptors (Lipinski definition) is 3. The highest BCUT2D eigenvalue weighted by atomic mass is 16.3. The lowest BCUT2D eigenvalue weighted by atomic mass is 9.91. The summed E-state index contributed by atoms with van der Waals surface area (Å²) in [5, 5.41) is 0. The highest BCUT2D eigenvalue weighted by Crippen LogP contribution is 2.23. The molecule has 1 fully saturated rings. The minimum atomic E-state index is 0.728. The normalized spacial score (nSPS) is 19.0. The van der Waals surface area contributed by atoms with Crippen LogP contribution in [0, 0.1) is 12.8 Å². The van der Waals surface area contributed by atoms with Gasteiger partial charge in [0.25, 0.3) is 0 Å². The van der Waals surface area contributed by atoms with Gasteiger partial charge in [-0.05, 0) is 56.3 Å². The van der Waals surface area contributed by atoms with Crippen LogP contribution in [0.2, 0.25) is 0 Å². The average Bonchev–Trinajstić information content (AvgIpc) is 2.99. The third-order valence-corrected chi connectivity index (χ3v) is 4.95. The van der Waals surface area contributed by atoms with E-state index in [-0.39, 0.29) is 0 Å². The number of rotatable bonds is 4. The number of nitrogens with zero attached hydrogens (tertiary/aromatic N) is 2. The minimum absolute atomic E-state index is 0.728. The summed E-state index contributed by atoms with van der Waals surface area (Å²) in [6.45, 7) is 5.24. The molecule has 0 amide bonds. The molecule has 0 aliphatic carbocycles. The third kappa shape index (κ3) is 3.51. The second-order valence-corrected chi connectivity index (χ2v) is 7.01. The van der Waals surface area contributed by atoms with Crippen molar-refractivity contribution in [3.63, 3.8) is 0 Å². The average molecular weight is 320 g/mol. The van der Waals surface area contributed by atoms with Crippen LogP contribution in [0.25, 0.3) is 11.1 Å². The summed E-state index contributed by atoms with van der Waals surface area (Å²) in [5.41, 5.74) is 4.63. The van der Waals surface area contributed by atoms with E-state index >= 15 is 0 Å². The maximum absolute atomic E-state index is 5.88. The Morgan fingerprint density at radius 3 is 2.79 bits per heavy atom. The SMILES string of the molecule is Cc1ccc(CC2CCCN(Cc3nc4ccccc4o3)C2)cc1. The predicted octanol–water partition coefficient (Wildman–Crippen LogP) is 4.59. The van der Waals surface area contributed by atoms with Crippen LogP contribution in [0.3, 0.4) is 0 Å². The number of likely N-dealkylation sites (tertiary alicyclic amines) is 1. The highest BCUT2D eigenvalue weighted by Gasteiger charge is 2.21. The topological polar surface area (TPSA) is 29.3 Å². The zero-order valence-corrected chi connectivity index (χ0v) is 14.2. The van der Waals surface area contributed by atoms with Crippen molar-refractivity contribution < 1.29 is 4.42 Å². The van der Waals surface area contributed by atoms with Crippen molar-refractivity contribution in [3.05, 3.63) is 65.5 Å². The standard InChI is InChI=1S/C21H24N2O/c1-16-8-10-17(11-9-16)13-18-5-4-12-23(14-18)15-21-22-19-6-2-3-7-20(19)24-21/h2-3,6-11,18H,4-5,12-15H2,1H3. The van der Waals surface area contributed by atoms with E-state index in [0.717, 1.165) is 42.5 Å². The molecule has 2 heterocycles. The van der Waals surface area contributed by atoms with Gasteiger partial charge in [-0.1, -0.05) is 42.0 Å². The zero-order chi connectivity index (χ0) is 16.4. The van der Waals surface area contributed by atoms with E-state index in [1.54, 1.807) is 0 Å². The Balaban J connectivity index is 1.40. The number of aryl methyl sites for hydroxylation is 1. The number of oxazole rings is 1. The third-order valence-electron chi connectivity index (χ3n) is 4.95. The molecule has 0 saturated carbocycles. The van der Waals surface area contributed by atoms with E-state index in [4.69, 9.17) is 4.42 Å². The Morgan fingerprint density at radius 2 is 1.96 bits per heavy atom. The maximum Gasteiger partial charge on any atom is 0.209 e. The highest BCUT2D eigenvalue weighted by molar-refractivity contribution is 5.72. The fourth-order valence-electron chi connectivity index (χ4n) is 3.70. The Labute approximate surface area is 143 Å². The van der Waals surface area contributed by atoms with Crippen molar-refractivity contribution in [2.45, 2.75) is 32.7 Å². The first kappa shape index (κ1) is 15.4. The summed E-state index contributed by atoms with van der Waals surface area (Å²) in [5.74, 6) is 1.57. The molecule has 1 saturated heterocycles. The Morgan fingerprint density at radius 1 is 1.12 bits per heavy atom. The molecule has 2 aromatic carbocycles. The van der Waals surface area contributed by atoms with E-state index in [0.29, 0.717) is 0 Å². The first-order valence-corrected chi connectivity index (χ1v) is 8.88. The molecule has 3 aromatic rings. The smallest absolute Gasteiger partial charge is 0.209 e. The molecule has 1 unspecified atom stereocenters. The van der Waals surface area contributed by atoms with Gasteiger partial charge in [-0.25, -0.2) is 4.98 Å². The van der Waals surface area contributed by atoms with E-state index in [2.05, 4.69) is 41.1 Å². The van der Waals surface area contributed by atoms with E-state index in [1.165, 1.54) is 30.4 Å². The zero-order valence-electron chi connectivity index (χ0n) is 14.2. The lowest BCUT2D eigenvalue weighted by Gasteiger charge is -2.32. The summed E-state index contributed by atoms with van der Waals surface area (Å²) < 4.78 is 5.88. The first-order chi connectivity index (χ1) is 11.8. The van der Waals surface area contributed by atoms with Gasteiger partial charge in [0.05, 0.1) is 6.54 Å². The largest absolute Gasteiger partial charge is 0.439 e. The molecule has 1 aromatic heterocycles. The fourth-order valence-corrected chi connectivity index (χ4v) is 3.70. The second-order valence-electron chi connectivity index (χ2n) is 7.01. The van der Waals surface area contributed by atoms with Crippen LogP contribution in [-0.4, -0.2) is 23.0 Å². The van der Waals surface area contributed by atoms with Gasteiger partial charge >= 0.3 is 0 Å². The van der Waals surface area contributed by atoms with Crippen LogP contribution in [0.1, 0.15) is 29.9 Å². The number of piperidine rings is 1. The van der Waals surface area contributed by atoms with Crippen molar-refractivity contribution in [2.75, 3.05) is 13.1 Å². The molecule has 0 radical (unpaired) electrons. The summed E-state index contributed by atoms with van der Waals surface area (Å²) >= 11 is 0. The van der Waals surface area contributed by atoms with Crippen LogP contribution in [0.4, 0.5) is 0 Å². The molecular weight excluding hydrogens is 296 g/mol. The molecule has 24 heavy (non-hydrogen) atoms. The molecule has 3 nitrogen and oxygen atoms in total. The molecule has 3 heteroatoms. The summed E-state index contributed by atoms with van der Waals surface area (Å²) in [4.78, 5) is 7.11. The summed E-state index contributed by atoms with van der Waals surface area (Å²) in [6.07, 6.45) is 3.75. The van der Waals surface area contributed by atoms with Crippen molar-refractivity contribution in [1.82, 2.24) is 9.88 Å². The molecular formula is C21H24N2O. The number of hydrogen-bond donors (Lipinski definition) is 0. The first-order valence-electron chi connectivity index (χ1n) is 8.88. The van der Waals surface area contributed by atoms with E-state index in [1.807, 2.05) is 24.3 Å². The van der Waals surface area contributed by atoms with Crippen molar-refractivity contribution in [3.8, 4) is 0 Å². The van der Waals surface area contributed by atoms with Crippen molar-refractivity contribution in [2.24, 2.45) is 5.92 Å². The molecule has 1 aliphatic heterocycles. The predicted molar refractivity (Wildman–Crippen MR) is 96.9 cm³/mol. The minimum Gasteiger partial charge on any atom is -0.439 e. The maximum atomic E-state index is 5.88. The Bertz CT molecular complexity index is 773. The van der Waals surface area contributed by atoms with Crippen molar-refractivity contribution in [1.29, 1.82) is 0 Å². The van der Waals surface area contributed by atoms with E-state index in [9.17, 15) is 0 Å². The second kappa shape index (κ2) is 6.78. The van der Waals surface area contributed by atoms with Crippen LogP contribution in [0.15, 0.2) is 52.9 Å². The summed E-state index contributed by atoms with van der Waals surface area (Å²) in [7, 11) is 0. The van der Waals surface area contributed by atoms with Crippen LogP contribution < -0.4 is 0 Å². The van der Waals surface area contributed by atoms with Crippen LogP contribution >= 0.6 is 0 Å². The van der Waals surface area contributed by atoms with Gasteiger partial charge < -0.3 is 4.42 Å². The fraction of sp³-hybridized carbons (Fsp3) is 0.381. The van der Waals surface area contributed by atoms with Crippen LogP contribution in [-0.2, 0) is 13.0 Å². The van der Waals surface area contributed by atoms with Gasteiger partial charge in [0.15, 0.2) is 5.58 Å². The van der Waals surface area contributed by atoms with Gasteiger partial charge in [0, 0.05) is 6.54 Å². The molecule has 1 aliphatic rings. The van der Waals surface area contributed by atoms with Gasteiger partial charge in [-0.2, -0.15) is 0 Å². The van der Waals surface area contributed by atoms with Gasteiger partial charge in [-0.3, -0.25) is 4.90 Å². The van der Waals surface area contributed by atoms with Gasteiger partial charge in [0.2, 0.25) is 5.89 Å². The number of fused-ring (bicyclic) bond motifs is 1. The molecule has 4 rings (SSSR count). The molecule has 0 spiro atoms. The Hall–Kier alpha value is -2.13. The number of para-hydroxylation sites is 2. The number of aromatic nitrogens is 1. The lowest BCUT2D eigenvalue weighted by Crippen LogP contribution is -2.35. The lowest BCUT2D eigenvalue weighted by molar-refractivity contribution is 0.155. The van der Waals surface area contributed by atoms with Crippen molar-refractivity contribution >= 4 is 11.1 Å². The molecule has 1 atom stereocenters. The molecule has 0 N–H and O–H groups in total. The number of benzene rings is 2. The van der Waals surface area contributed by atoms with Gasteiger partial charge in [-0.15, -0.1) is 0 Å². The molecule has 0 bridgehead atoms. The summed E-state index contributed by atoms with van der Waals surface area (Å²) in [6, 6.07) is 17.0. The van der Waals surface area contributed by atoms with Gasteiger partial charge in [0.1, 0.15) is 5.52 Å². The van der Waals surface area contributed by atoms with E-state index < -0.39 is 0 Å². The molecule has 124 valence electrons. The quantitative estimate of drug-likeness (QED) is 0.704. The Kier molecular flexibility index (Phi) is 4.35.